The fourth-order valence-electron chi connectivity index (χ4n) is 5.78. The molecular weight excluding hydrogens is 752 g/mol. The lowest BCUT2D eigenvalue weighted by Gasteiger charge is -2.48. The van der Waals surface area contributed by atoms with E-state index in [9.17, 15) is 38.4 Å². The van der Waals surface area contributed by atoms with Gasteiger partial charge in [0, 0.05) is 40.2 Å². The first-order valence-electron chi connectivity index (χ1n) is 17.4. The molecule has 18 heteroatoms. The van der Waals surface area contributed by atoms with E-state index >= 15 is 0 Å². The molecule has 0 aromatic heterocycles. The van der Waals surface area contributed by atoms with Crippen molar-refractivity contribution in [2.24, 2.45) is 0 Å². The second-order valence-corrected chi connectivity index (χ2v) is 12.6. The number of methoxy groups -OCH3 is 1. The van der Waals surface area contributed by atoms with Crippen molar-refractivity contribution < 1.29 is 76.3 Å². The van der Waals surface area contributed by atoms with E-state index in [2.05, 4.69) is 16.6 Å². The van der Waals surface area contributed by atoms with Crippen LogP contribution in [0.1, 0.15) is 57.7 Å². The molecule has 18 nitrogen and oxygen atoms in total. The molecule has 1 saturated heterocycles. The van der Waals surface area contributed by atoms with Crippen molar-refractivity contribution in [3.8, 4) is 18.1 Å². The Morgan fingerprint density at radius 3 is 2.12 bits per heavy atom. The van der Waals surface area contributed by atoms with E-state index in [1.54, 1.807) is 36.4 Å². The summed E-state index contributed by atoms with van der Waals surface area (Å²) in [5.41, 5.74) is 1.51. The van der Waals surface area contributed by atoms with Gasteiger partial charge in [-0.05, 0) is 35.4 Å². The third-order valence-corrected chi connectivity index (χ3v) is 8.03. The molecule has 2 N–H and O–H groups in total. The maximum atomic E-state index is 13.7. The van der Waals surface area contributed by atoms with Gasteiger partial charge in [-0.3, -0.25) is 33.6 Å². The molecule has 1 fully saturated rings. The summed E-state index contributed by atoms with van der Waals surface area (Å²) in [6.07, 6.45) is -2.09. The third-order valence-electron chi connectivity index (χ3n) is 8.03. The Balaban J connectivity index is 2.12. The number of carbonyl (C=O) groups excluding carboxylic acids is 8. The summed E-state index contributed by atoms with van der Waals surface area (Å²) in [6.45, 7) is 3.72. The molecule has 0 unspecified atom stereocenters. The molecule has 0 bridgehead atoms. The second-order valence-electron chi connectivity index (χ2n) is 12.6. The highest BCUT2D eigenvalue weighted by Gasteiger charge is 2.59. The number of hydrogen-bond donors (Lipinski definition) is 2. The van der Waals surface area contributed by atoms with E-state index in [1.807, 2.05) is 0 Å². The van der Waals surface area contributed by atoms with Crippen molar-refractivity contribution in [1.82, 2.24) is 10.6 Å². The van der Waals surface area contributed by atoms with E-state index in [0.29, 0.717) is 16.7 Å². The van der Waals surface area contributed by atoms with Crippen molar-refractivity contribution >= 4 is 47.6 Å². The fourth-order valence-corrected chi connectivity index (χ4v) is 5.78. The van der Waals surface area contributed by atoms with Crippen LogP contribution in [0.25, 0.3) is 0 Å². The van der Waals surface area contributed by atoms with Gasteiger partial charge in [-0.15, -0.1) is 6.42 Å². The second kappa shape index (κ2) is 21.1. The minimum Gasteiger partial charge on any atom is -0.465 e. The van der Waals surface area contributed by atoms with Crippen LogP contribution in [0.4, 0.5) is 0 Å². The molecule has 0 radical (unpaired) electrons. The fraction of sp³-hybridized carbons (Fsp3) is 0.436. The van der Waals surface area contributed by atoms with Gasteiger partial charge in [0.25, 0.3) is 11.7 Å². The lowest BCUT2D eigenvalue weighted by molar-refractivity contribution is -0.317. The van der Waals surface area contributed by atoms with Crippen LogP contribution < -0.4 is 15.4 Å². The zero-order valence-corrected chi connectivity index (χ0v) is 32.2. The lowest BCUT2D eigenvalue weighted by atomic mass is 9.87. The largest absolute Gasteiger partial charge is 0.465 e. The molecule has 1 aliphatic heterocycles. The molecule has 1 aliphatic rings. The lowest BCUT2D eigenvalue weighted by Crippen LogP contribution is -2.69. The molecule has 2 aromatic carbocycles. The van der Waals surface area contributed by atoms with Gasteiger partial charge in [0.15, 0.2) is 18.8 Å². The van der Waals surface area contributed by atoms with Crippen molar-refractivity contribution in [3.63, 3.8) is 0 Å². The number of ether oxygens (including phenoxy) is 8. The van der Waals surface area contributed by atoms with Crippen LogP contribution in [0.15, 0.2) is 48.5 Å². The topological polar surface area (TPSA) is 234 Å². The highest BCUT2D eigenvalue weighted by Crippen LogP contribution is 2.37. The molecule has 3 rings (SSSR count). The Morgan fingerprint density at radius 2 is 1.54 bits per heavy atom. The van der Waals surface area contributed by atoms with Gasteiger partial charge in [0.05, 0.1) is 39.1 Å². The normalized spacial score (nSPS) is 19.6. The quantitative estimate of drug-likeness (QED) is 0.0982. The molecule has 306 valence electrons. The van der Waals surface area contributed by atoms with Crippen LogP contribution in [0.2, 0.25) is 0 Å². The molecule has 2 amide bonds. The minimum absolute atomic E-state index is 0.194. The third kappa shape index (κ3) is 14.0. The summed E-state index contributed by atoms with van der Waals surface area (Å²) in [7, 11) is 1.03. The number of terminal acetylenes is 1. The van der Waals surface area contributed by atoms with Crippen LogP contribution in [0.3, 0.4) is 0 Å². The Labute approximate surface area is 328 Å². The summed E-state index contributed by atoms with van der Waals surface area (Å²) < 4.78 is 44.3. The first-order valence-corrected chi connectivity index (χ1v) is 17.4. The first-order chi connectivity index (χ1) is 26.9. The summed E-state index contributed by atoms with van der Waals surface area (Å²) in [6, 6.07) is 11.1. The van der Waals surface area contributed by atoms with E-state index in [4.69, 9.17) is 44.3 Å². The zero-order chi connectivity index (χ0) is 42.3. The van der Waals surface area contributed by atoms with Gasteiger partial charge < -0.3 is 48.5 Å². The van der Waals surface area contributed by atoms with Gasteiger partial charge in [0.1, 0.15) is 18.0 Å². The van der Waals surface area contributed by atoms with Crippen LogP contribution >= 0.6 is 0 Å². The highest BCUT2D eigenvalue weighted by atomic mass is 16.7. The van der Waals surface area contributed by atoms with Crippen molar-refractivity contribution in [2.75, 3.05) is 20.3 Å². The SMILES string of the molecule is C#Cc1ccc(CO[C@]2(C(=O)OC)C[C@H](OC(C)=O)[C@@H](NC(=O)COC(C)=O)[C@H]([C@H](OC(C)=O)[C@@H](CNC(=O)Cc3cccc(OC(C)=O)c3)OC(C)=O)O2)cc1. The molecule has 0 aliphatic carbocycles. The average Bonchev–Trinajstić information content (AvgIpc) is 3.14. The Morgan fingerprint density at radius 1 is 0.860 bits per heavy atom. The number of hydrogen-bond acceptors (Lipinski definition) is 16. The van der Waals surface area contributed by atoms with E-state index in [1.165, 1.54) is 19.1 Å². The zero-order valence-electron chi connectivity index (χ0n) is 32.2. The molecule has 0 saturated carbocycles. The smallest absolute Gasteiger partial charge is 0.366 e. The Kier molecular flexibility index (Phi) is 16.7. The average molecular weight is 797 g/mol. The van der Waals surface area contributed by atoms with Crippen LogP contribution in [0, 0.1) is 12.3 Å². The van der Waals surface area contributed by atoms with Crippen LogP contribution in [-0.4, -0.2) is 104 Å². The summed E-state index contributed by atoms with van der Waals surface area (Å²) >= 11 is 0. The van der Waals surface area contributed by atoms with Crippen molar-refractivity contribution in [1.29, 1.82) is 0 Å². The molecule has 2 aromatic rings. The van der Waals surface area contributed by atoms with Gasteiger partial charge in [-0.25, -0.2) is 4.79 Å². The van der Waals surface area contributed by atoms with Crippen molar-refractivity contribution in [3.05, 3.63) is 65.2 Å². The number of amides is 2. The van der Waals surface area contributed by atoms with Gasteiger partial charge in [0.2, 0.25) is 5.91 Å². The van der Waals surface area contributed by atoms with E-state index in [-0.39, 0.29) is 18.8 Å². The first kappa shape index (κ1) is 45.1. The van der Waals surface area contributed by atoms with Crippen LogP contribution in [0.5, 0.6) is 5.75 Å². The molecule has 0 spiro atoms. The Bertz CT molecular complexity index is 1850. The Hall–Kier alpha value is -6.32. The van der Waals surface area contributed by atoms with Gasteiger partial charge in [-0.2, -0.15) is 0 Å². The maximum absolute atomic E-state index is 13.7. The standard InChI is InChI=1S/C39H44N2O16/c1-8-27-12-14-28(15-13-27)20-52-39(38(49)50-7)18-31(54-24(4)44)35(41-34(48)21-51-22(2)42)37(57-39)36(56-26(6)46)32(55-25(5)45)19-40-33(47)17-29-10-9-11-30(16-29)53-23(3)43/h1,9-16,31-32,35-37H,17-21H2,2-7H3,(H,40,47)(H,41,48)/t31-,32+,35+,36+,37+,39+/m0/s1. The summed E-state index contributed by atoms with van der Waals surface area (Å²) in [4.78, 5) is 101. The minimum atomic E-state index is -2.45. The molecule has 1 heterocycles. The van der Waals surface area contributed by atoms with E-state index < -0.39 is 103 Å². The molecule has 6 atom stereocenters. The number of benzene rings is 2. The van der Waals surface area contributed by atoms with E-state index in [0.717, 1.165) is 34.8 Å². The van der Waals surface area contributed by atoms with Crippen LogP contribution in [-0.2, 0) is 84.5 Å². The van der Waals surface area contributed by atoms with Gasteiger partial charge >= 0.3 is 35.8 Å². The monoisotopic (exact) mass is 796 g/mol. The number of nitrogens with one attached hydrogen (secondary N) is 2. The predicted molar refractivity (Wildman–Crippen MR) is 193 cm³/mol. The number of carbonyl (C=O) groups is 8. The highest BCUT2D eigenvalue weighted by molar-refractivity contribution is 5.81. The van der Waals surface area contributed by atoms with Gasteiger partial charge in [-0.1, -0.05) is 30.2 Å². The molecule has 57 heavy (non-hydrogen) atoms. The maximum Gasteiger partial charge on any atom is 0.366 e. The number of rotatable bonds is 17. The summed E-state index contributed by atoms with van der Waals surface area (Å²) in [5, 5.41) is 5.13. The number of esters is 6. The molecular formula is C39H44N2O16. The van der Waals surface area contributed by atoms with Crippen molar-refractivity contribution in [2.45, 2.75) is 90.3 Å². The predicted octanol–water partition coefficient (Wildman–Crippen LogP) is 0.970. The summed E-state index contributed by atoms with van der Waals surface area (Å²) in [5.74, 6) is -6.59.